The van der Waals surface area contributed by atoms with Gasteiger partial charge >= 0.3 is 0 Å². The van der Waals surface area contributed by atoms with Gasteiger partial charge in [-0.3, -0.25) is 4.79 Å². The number of benzene rings is 3. The molecule has 0 saturated carbocycles. The number of carbonyl (C=O) groups excluding carboxylic acids is 1. The number of hydrogen-bond donors (Lipinski definition) is 1. The highest BCUT2D eigenvalue weighted by Gasteiger charge is 2.11. The van der Waals surface area contributed by atoms with Crippen molar-refractivity contribution in [1.82, 2.24) is 10.1 Å². The summed E-state index contributed by atoms with van der Waals surface area (Å²) >= 11 is 5.86. The summed E-state index contributed by atoms with van der Waals surface area (Å²) < 4.78 is 5.36. The van der Waals surface area contributed by atoms with Crippen LogP contribution < -0.4 is 5.32 Å². The van der Waals surface area contributed by atoms with Gasteiger partial charge in [-0.2, -0.15) is 4.98 Å². The molecule has 1 aromatic heterocycles. The van der Waals surface area contributed by atoms with E-state index in [2.05, 4.69) is 15.5 Å². The summed E-state index contributed by atoms with van der Waals surface area (Å²) in [5, 5.41) is 7.55. The summed E-state index contributed by atoms with van der Waals surface area (Å²) in [7, 11) is 0. The number of nitrogens with one attached hydrogen (secondary N) is 1. The third-order valence-electron chi connectivity index (χ3n) is 4.15. The normalized spacial score (nSPS) is 10.6. The van der Waals surface area contributed by atoms with Crippen LogP contribution in [-0.2, 0) is 11.2 Å². The first-order valence-electron chi connectivity index (χ1n) is 8.71. The van der Waals surface area contributed by atoms with Gasteiger partial charge in [-0.15, -0.1) is 0 Å². The second-order valence-corrected chi connectivity index (χ2v) is 6.65. The number of nitrogens with zero attached hydrogens (tertiary/aromatic N) is 2. The largest absolute Gasteiger partial charge is 0.334 e. The Hall–Kier alpha value is -3.44. The first-order valence-corrected chi connectivity index (χ1v) is 9.09. The maximum absolute atomic E-state index is 12.2. The zero-order valence-corrected chi connectivity index (χ0v) is 15.6. The van der Waals surface area contributed by atoms with E-state index in [0.29, 0.717) is 22.4 Å². The average Bonchev–Trinajstić information content (AvgIpc) is 3.21. The van der Waals surface area contributed by atoms with Gasteiger partial charge in [0.2, 0.25) is 11.7 Å². The van der Waals surface area contributed by atoms with Gasteiger partial charge in [-0.25, -0.2) is 0 Å². The number of amides is 1. The second kappa shape index (κ2) is 8.06. The Morgan fingerprint density at radius 1 is 0.893 bits per heavy atom. The number of hydrogen-bond acceptors (Lipinski definition) is 4. The summed E-state index contributed by atoms with van der Waals surface area (Å²) in [5.41, 5.74) is 3.28. The molecule has 0 aliphatic rings. The van der Waals surface area contributed by atoms with Crippen molar-refractivity contribution in [3.63, 3.8) is 0 Å². The molecule has 3 aromatic carbocycles. The maximum atomic E-state index is 12.2. The van der Waals surface area contributed by atoms with Crippen molar-refractivity contribution >= 4 is 23.2 Å². The predicted molar refractivity (Wildman–Crippen MR) is 109 cm³/mol. The first kappa shape index (κ1) is 17.9. The molecule has 138 valence electrons. The molecule has 1 N–H and O–H groups in total. The fraction of sp³-hybridized carbons (Fsp3) is 0.0455. The van der Waals surface area contributed by atoms with Crippen LogP contribution in [0.2, 0.25) is 5.02 Å². The highest BCUT2D eigenvalue weighted by Crippen LogP contribution is 2.23. The van der Waals surface area contributed by atoms with Crippen LogP contribution in [0, 0.1) is 0 Å². The van der Waals surface area contributed by atoms with Crippen LogP contribution in [0.5, 0.6) is 0 Å². The Bertz CT molecular complexity index is 1070. The third kappa shape index (κ3) is 4.27. The number of aromatic nitrogens is 2. The van der Waals surface area contributed by atoms with Gasteiger partial charge in [-0.05, 0) is 42.0 Å². The van der Waals surface area contributed by atoms with Crippen LogP contribution in [0.25, 0.3) is 22.8 Å². The average molecular weight is 390 g/mol. The molecule has 0 aliphatic heterocycles. The fourth-order valence-corrected chi connectivity index (χ4v) is 2.86. The van der Waals surface area contributed by atoms with Crippen LogP contribution >= 0.6 is 11.6 Å². The van der Waals surface area contributed by atoms with Crippen LogP contribution in [0.4, 0.5) is 5.69 Å². The molecular formula is C22H16ClN3O2. The van der Waals surface area contributed by atoms with E-state index in [1.807, 2.05) is 66.7 Å². The molecule has 4 rings (SSSR count). The molecule has 5 nitrogen and oxygen atoms in total. The second-order valence-electron chi connectivity index (χ2n) is 6.22. The molecule has 0 unspecified atom stereocenters. The SMILES string of the molecule is O=C(Cc1ccc(Cl)cc1)Nc1ccc(-c2nc(-c3ccccc3)no2)cc1. The lowest BCUT2D eigenvalue weighted by molar-refractivity contribution is -0.115. The monoisotopic (exact) mass is 389 g/mol. The molecule has 1 amide bonds. The summed E-state index contributed by atoms with van der Waals surface area (Å²) in [5.74, 6) is 0.869. The van der Waals surface area contributed by atoms with Gasteiger partial charge in [0.1, 0.15) is 0 Å². The molecule has 0 aliphatic carbocycles. The van der Waals surface area contributed by atoms with Gasteiger partial charge in [0.15, 0.2) is 0 Å². The lowest BCUT2D eigenvalue weighted by Crippen LogP contribution is -2.14. The highest BCUT2D eigenvalue weighted by atomic mass is 35.5. The maximum Gasteiger partial charge on any atom is 0.258 e. The molecule has 0 saturated heterocycles. The van der Waals surface area contributed by atoms with E-state index in [-0.39, 0.29) is 12.3 Å². The van der Waals surface area contributed by atoms with Crippen LogP contribution in [0.15, 0.2) is 83.4 Å². The summed E-state index contributed by atoms with van der Waals surface area (Å²) in [6.07, 6.45) is 0.281. The fourth-order valence-electron chi connectivity index (χ4n) is 2.73. The van der Waals surface area contributed by atoms with E-state index in [0.717, 1.165) is 16.7 Å². The molecule has 0 fully saturated rings. The lowest BCUT2D eigenvalue weighted by Gasteiger charge is -2.06. The molecular weight excluding hydrogens is 374 g/mol. The van der Waals surface area contributed by atoms with Crippen molar-refractivity contribution in [3.8, 4) is 22.8 Å². The Kier molecular flexibility index (Phi) is 5.17. The summed E-state index contributed by atoms with van der Waals surface area (Å²) in [6.45, 7) is 0. The molecule has 1 heterocycles. The first-order chi connectivity index (χ1) is 13.7. The smallest absolute Gasteiger partial charge is 0.258 e. The van der Waals surface area contributed by atoms with Gasteiger partial charge in [0, 0.05) is 21.8 Å². The third-order valence-corrected chi connectivity index (χ3v) is 4.40. The zero-order chi connectivity index (χ0) is 19.3. The minimum atomic E-state index is -0.0979. The molecule has 0 radical (unpaired) electrons. The number of carbonyl (C=O) groups is 1. The standard InChI is InChI=1S/C22H16ClN3O2/c23-18-10-6-15(7-11-18)14-20(27)24-19-12-8-17(9-13-19)22-25-21(26-28-22)16-4-2-1-3-5-16/h1-13H,14H2,(H,24,27). The van der Waals surface area contributed by atoms with E-state index < -0.39 is 0 Å². The predicted octanol–water partition coefficient (Wildman–Crippen LogP) is 5.24. The van der Waals surface area contributed by atoms with E-state index >= 15 is 0 Å². The van der Waals surface area contributed by atoms with E-state index in [9.17, 15) is 4.79 Å². The molecule has 6 heteroatoms. The quantitative estimate of drug-likeness (QED) is 0.507. The van der Waals surface area contributed by atoms with Crippen molar-refractivity contribution in [2.45, 2.75) is 6.42 Å². The minimum Gasteiger partial charge on any atom is -0.334 e. The van der Waals surface area contributed by atoms with E-state index in [1.165, 1.54) is 0 Å². The van der Waals surface area contributed by atoms with Crippen molar-refractivity contribution in [2.24, 2.45) is 0 Å². The summed E-state index contributed by atoms with van der Waals surface area (Å²) in [4.78, 5) is 16.6. The Morgan fingerprint density at radius 3 is 2.32 bits per heavy atom. The number of anilines is 1. The van der Waals surface area contributed by atoms with Gasteiger partial charge in [0.05, 0.1) is 6.42 Å². The van der Waals surface area contributed by atoms with E-state index in [1.54, 1.807) is 12.1 Å². The minimum absolute atomic E-state index is 0.0979. The molecule has 28 heavy (non-hydrogen) atoms. The highest BCUT2D eigenvalue weighted by molar-refractivity contribution is 6.30. The van der Waals surface area contributed by atoms with Crippen LogP contribution in [-0.4, -0.2) is 16.0 Å². The van der Waals surface area contributed by atoms with Gasteiger partial charge in [0.25, 0.3) is 5.89 Å². The summed E-state index contributed by atoms with van der Waals surface area (Å²) in [6, 6.07) is 24.1. The Morgan fingerprint density at radius 2 is 1.61 bits per heavy atom. The molecule has 0 bridgehead atoms. The zero-order valence-electron chi connectivity index (χ0n) is 14.8. The Labute approximate surface area is 167 Å². The van der Waals surface area contributed by atoms with Crippen molar-refractivity contribution < 1.29 is 9.32 Å². The lowest BCUT2D eigenvalue weighted by atomic mass is 10.1. The van der Waals surface area contributed by atoms with Crippen molar-refractivity contribution in [2.75, 3.05) is 5.32 Å². The topological polar surface area (TPSA) is 68.0 Å². The van der Waals surface area contributed by atoms with Crippen LogP contribution in [0.1, 0.15) is 5.56 Å². The Balaban J connectivity index is 1.42. The number of halogens is 1. The van der Waals surface area contributed by atoms with Gasteiger partial charge in [-0.1, -0.05) is 59.2 Å². The van der Waals surface area contributed by atoms with E-state index in [4.69, 9.17) is 16.1 Å². The van der Waals surface area contributed by atoms with Crippen molar-refractivity contribution in [1.29, 1.82) is 0 Å². The molecule has 4 aromatic rings. The molecule has 0 spiro atoms. The molecule has 0 atom stereocenters. The van der Waals surface area contributed by atoms with Crippen LogP contribution in [0.3, 0.4) is 0 Å². The van der Waals surface area contributed by atoms with Crippen molar-refractivity contribution in [3.05, 3.63) is 89.4 Å². The number of rotatable bonds is 5. The van der Waals surface area contributed by atoms with Gasteiger partial charge < -0.3 is 9.84 Å².